The molecule has 0 radical (unpaired) electrons. The van der Waals surface area contributed by atoms with Gasteiger partial charge in [0.2, 0.25) is 0 Å². The van der Waals surface area contributed by atoms with E-state index in [4.69, 9.17) is 0 Å². The molecule has 0 unspecified atom stereocenters. The van der Waals surface area contributed by atoms with Gasteiger partial charge < -0.3 is 0 Å². The molecule has 0 atom stereocenters. The Morgan fingerprint density at radius 1 is 1.35 bits per heavy atom. The van der Waals surface area contributed by atoms with Crippen LogP contribution in [0.5, 0.6) is 0 Å². The number of hydrogen-bond donors (Lipinski definition) is 0. The van der Waals surface area contributed by atoms with E-state index in [9.17, 15) is 9.18 Å². The van der Waals surface area contributed by atoms with Crippen LogP contribution in [-0.2, 0) is 19.9 Å². The molecule has 1 aromatic carbocycles. The van der Waals surface area contributed by atoms with Crippen molar-refractivity contribution in [2.24, 2.45) is 7.05 Å². The second-order valence-corrected chi connectivity index (χ2v) is 5.97. The number of hydrogen-bond acceptors (Lipinski definition) is 2. The summed E-state index contributed by atoms with van der Waals surface area (Å²) in [6.07, 6.45) is 0.957. The Morgan fingerprint density at radius 3 is 2.65 bits per heavy atom. The first-order valence-corrected chi connectivity index (χ1v) is 7.71. The van der Waals surface area contributed by atoms with Crippen LogP contribution in [0.3, 0.4) is 0 Å². The van der Waals surface area contributed by atoms with Gasteiger partial charge in [-0.25, -0.2) is 4.39 Å². The van der Waals surface area contributed by atoms with E-state index in [-0.39, 0.29) is 16.7 Å². The number of aromatic nitrogens is 2. The molecule has 3 nitrogen and oxygen atoms in total. The third-order valence-electron chi connectivity index (χ3n) is 3.08. The molecular weight excluding hydrogens is 391 g/mol. The van der Waals surface area contributed by atoms with Crippen molar-refractivity contribution in [2.45, 2.75) is 19.8 Å². The maximum absolute atomic E-state index is 13.5. The number of carbonyl (C=O) groups excluding carboxylic acids is 1. The number of rotatable bonds is 4. The molecule has 0 saturated carbocycles. The number of nitrogens with zero attached hydrogens (tertiary/aromatic N) is 2. The van der Waals surface area contributed by atoms with E-state index in [0.29, 0.717) is 5.56 Å². The van der Waals surface area contributed by atoms with Crippen LogP contribution in [0.2, 0.25) is 0 Å². The third kappa shape index (κ3) is 2.86. The van der Waals surface area contributed by atoms with Crippen molar-refractivity contribution in [3.63, 3.8) is 0 Å². The van der Waals surface area contributed by atoms with Crippen molar-refractivity contribution in [3.8, 4) is 0 Å². The van der Waals surface area contributed by atoms with Crippen LogP contribution in [0, 0.1) is 5.82 Å². The van der Waals surface area contributed by atoms with Crippen molar-refractivity contribution in [1.82, 2.24) is 9.78 Å². The zero-order chi connectivity index (χ0) is 14.9. The summed E-state index contributed by atoms with van der Waals surface area (Å²) >= 11 is 6.60. The molecule has 0 bridgehead atoms. The first-order chi connectivity index (χ1) is 9.45. The Balaban J connectivity index is 2.33. The Morgan fingerprint density at radius 2 is 2.05 bits per heavy atom. The van der Waals surface area contributed by atoms with E-state index in [1.165, 1.54) is 12.1 Å². The molecule has 0 fully saturated rings. The highest BCUT2D eigenvalue weighted by Gasteiger charge is 2.19. The first kappa shape index (κ1) is 15.4. The van der Waals surface area contributed by atoms with Gasteiger partial charge in [-0.15, -0.1) is 0 Å². The lowest BCUT2D eigenvalue weighted by Crippen LogP contribution is -2.09. The van der Waals surface area contributed by atoms with Crippen LogP contribution < -0.4 is 0 Å². The lowest BCUT2D eigenvalue weighted by molar-refractivity contribution is 0.0989. The van der Waals surface area contributed by atoms with Gasteiger partial charge >= 0.3 is 0 Å². The van der Waals surface area contributed by atoms with Crippen molar-refractivity contribution in [3.05, 3.63) is 49.9 Å². The van der Waals surface area contributed by atoms with Crippen LogP contribution in [-0.4, -0.2) is 15.6 Å². The predicted molar refractivity (Wildman–Crippen MR) is 82.4 cm³/mol. The molecule has 0 N–H and O–H groups in total. The average Bonchev–Trinajstić information content (AvgIpc) is 2.69. The largest absolute Gasteiger partial charge is 0.294 e. The summed E-state index contributed by atoms with van der Waals surface area (Å²) in [4.78, 5) is 12.3. The lowest BCUT2D eigenvalue weighted by atomic mass is 10.1. The minimum atomic E-state index is -0.436. The Hall–Kier alpha value is -1.01. The minimum absolute atomic E-state index is 0.150. The number of Topliss-reactive ketones (excluding diaryl/α,β-unsaturated/α-hetero) is 1. The molecule has 0 aliphatic carbocycles. The molecule has 6 heteroatoms. The van der Waals surface area contributed by atoms with Gasteiger partial charge in [0, 0.05) is 12.6 Å². The second-order valence-electron chi connectivity index (χ2n) is 4.39. The van der Waals surface area contributed by atoms with Crippen LogP contribution >= 0.6 is 31.9 Å². The van der Waals surface area contributed by atoms with Crippen LogP contribution in [0.4, 0.5) is 4.39 Å². The van der Waals surface area contributed by atoms with Gasteiger partial charge in [0.25, 0.3) is 0 Å². The summed E-state index contributed by atoms with van der Waals surface area (Å²) in [5.74, 6) is -0.586. The quantitative estimate of drug-likeness (QED) is 0.721. The maximum atomic E-state index is 13.5. The summed E-state index contributed by atoms with van der Waals surface area (Å²) in [6, 6.07) is 4.46. The van der Waals surface area contributed by atoms with Crippen molar-refractivity contribution in [2.75, 3.05) is 0 Å². The molecule has 0 saturated heterocycles. The number of benzene rings is 1. The number of halogens is 3. The van der Waals surface area contributed by atoms with Gasteiger partial charge in [-0.05, 0) is 44.3 Å². The Bertz CT molecular complexity index is 667. The molecule has 1 aromatic heterocycles. The maximum Gasteiger partial charge on any atom is 0.170 e. The number of carbonyl (C=O) groups is 1. The van der Waals surface area contributed by atoms with Gasteiger partial charge in [-0.1, -0.05) is 19.1 Å². The molecule has 0 aliphatic heterocycles. The van der Waals surface area contributed by atoms with Gasteiger partial charge in [-0.3, -0.25) is 9.48 Å². The van der Waals surface area contributed by atoms with Crippen LogP contribution in [0.15, 0.2) is 27.1 Å². The summed E-state index contributed by atoms with van der Waals surface area (Å²) in [5.41, 5.74) is 2.05. The zero-order valence-electron chi connectivity index (χ0n) is 11.1. The number of aryl methyl sites for hydroxylation is 2. The van der Waals surface area contributed by atoms with Crippen molar-refractivity contribution < 1.29 is 9.18 Å². The van der Waals surface area contributed by atoms with Crippen molar-refractivity contribution >= 4 is 37.6 Å². The molecule has 20 heavy (non-hydrogen) atoms. The van der Waals surface area contributed by atoms with E-state index >= 15 is 0 Å². The van der Waals surface area contributed by atoms with Gasteiger partial charge in [0.1, 0.15) is 5.82 Å². The monoisotopic (exact) mass is 402 g/mol. The second kappa shape index (κ2) is 6.18. The summed E-state index contributed by atoms with van der Waals surface area (Å²) in [5, 5.41) is 4.35. The Labute approximate surface area is 133 Å². The van der Waals surface area contributed by atoms with Gasteiger partial charge in [0.15, 0.2) is 5.78 Å². The van der Waals surface area contributed by atoms with Crippen LogP contribution in [0.25, 0.3) is 0 Å². The predicted octanol–water partition coefficient (Wildman–Crippen LogP) is 4.07. The fourth-order valence-corrected chi connectivity index (χ4v) is 3.22. The van der Waals surface area contributed by atoms with E-state index in [2.05, 4.69) is 37.0 Å². The van der Waals surface area contributed by atoms with E-state index < -0.39 is 5.82 Å². The van der Waals surface area contributed by atoms with Gasteiger partial charge in [-0.2, -0.15) is 5.10 Å². The molecule has 0 aliphatic rings. The highest BCUT2D eigenvalue weighted by Crippen LogP contribution is 2.26. The summed E-state index contributed by atoms with van der Waals surface area (Å²) in [6.45, 7) is 2.00. The van der Waals surface area contributed by atoms with Gasteiger partial charge in [0.05, 0.1) is 26.8 Å². The molecule has 106 valence electrons. The highest BCUT2D eigenvalue weighted by molar-refractivity contribution is 9.10. The first-order valence-electron chi connectivity index (χ1n) is 6.13. The third-order valence-corrected chi connectivity index (χ3v) is 4.80. The van der Waals surface area contributed by atoms with E-state index in [1.807, 2.05) is 6.92 Å². The summed E-state index contributed by atoms with van der Waals surface area (Å²) in [7, 11) is 1.80. The zero-order valence-corrected chi connectivity index (χ0v) is 14.3. The highest BCUT2D eigenvalue weighted by atomic mass is 79.9. The minimum Gasteiger partial charge on any atom is -0.294 e. The SMILES string of the molecule is CCc1nn(C)c(CC(=O)c2cccc(F)c2Br)c1Br. The van der Waals surface area contributed by atoms with E-state index in [1.54, 1.807) is 17.8 Å². The normalized spacial score (nSPS) is 10.8. The summed E-state index contributed by atoms with van der Waals surface area (Å²) < 4.78 is 16.2. The molecular formula is C14H13Br2FN2O. The fraction of sp³-hybridized carbons (Fsp3) is 0.286. The Kier molecular flexibility index (Phi) is 4.75. The molecule has 2 rings (SSSR count). The topological polar surface area (TPSA) is 34.9 Å². The number of ketones is 1. The molecule has 1 heterocycles. The lowest BCUT2D eigenvalue weighted by Gasteiger charge is -2.05. The van der Waals surface area contributed by atoms with E-state index in [0.717, 1.165) is 22.3 Å². The molecule has 0 spiro atoms. The standard InChI is InChI=1S/C14H13Br2FN2O/c1-3-10-14(16)11(19(2)18-10)7-12(20)8-5-4-6-9(17)13(8)15/h4-6H,3,7H2,1-2H3. The fourth-order valence-electron chi connectivity index (χ4n) is 1.98. The smallest absolute Gasteiger partial charge is 0.170 e. The average molecular weight is 404 g/mol. The van der Waals surface area contributed by atoms with Crippen molar-refractivity contribution in [1.29, 1.82) is 0 Å². The molecule has 0 amide bonds. The molecule has 2 aromatic rings. The van der Waals surface area contributed by atoms with Crippen LogP contribution in [0.1, 0.15) is 28.7 Å².